The molecule has 0 saturated heterocycles. The molecule has 4 heteroatoms. The highest BCUT2D eigenvalue weighted by atomic mass is 16.6. The number of carbonyl (C=O) groups excluding carboxylic acids is 1. The third-order valence-corrected chi connectivity index (χ3v) is 2.71. The van der Waals surface area contributed by atoms with Crippen LogP contribution in [-0.2, 0) is 9.47 Å². The van der Waals surface area contributed by atoms with E-state index in [0.717, 1.165) is 5.75 Å². The summed E-state index contributed by atoms with van der Waals surface area (Å²) in [5.41, 5.74) is 0.546. The second kappa shape index (κ2) is 8.76. The summed E-state index contributed by atoms with van der Waals surface area (Å²) in [4.78, 5) is 11.6. The molecule has 0 N–H and O–H groups in total. The van der Waals surface area contributed by atoms with Crippen LogP contribution in [0.4, 0.5) is 0 Å². The molecule has 0 bridgehead atoms. The van der Waals surface area contributed by atoms with Crippen LogP contribution in [-0.4, -0.2) is 32.4 Å². The maximum atomic E-state index is 11.6. The average Bonchev–Trinajstić information content (AvgIpc) is 2.55. The summed E-state index contributed by atoms with van der Waals surface area (Å²) < 4.78 is 15.9. The molecule has 0 aliphatic heterocycles. The number of carbonyl (C=O) groups is 1. The molecule has 21 heavy (non-hydrogen) atoms. The van der Waals surface area contributed by atoms with Gasteiger partial charge in [-0.15, -0.1) is 0 Å². The van der Waals surface area contributed by atoms with Crippen molar-refractivity contribution in [3.05, 3.63) is 66.2 Å². The van der Waals surface area contributed by atoms with E-state index < -0.39 is 0 Å². The van der Waals surface area contributed by atoms with E-state index in [2.05, 4.69) is 0 Å². The van der Waals surface area contributed by atoms with E-state index in [9.17, 15) is 4.79 Å². The summed E-state index contributed by atoms with van der Waals surface area (Å²) >= 11 is 0. The minimum atomic E-state index is -0.334. The molecule has 0 fully saturated rings. The Morgan fingerprint density at radius 2 is 1.38 bits per heavy atom. The smallest absolute Gasteiger partial charge is 0.338 e. The van der Waals surface area contributed by atoms with Crippen LogP contribution >= 0.6 is 0 Å². The second-order valence-electron chi connectivity index (χ2n) is 4.28. The molecule has 0 aliphatic carbocycles. The first-order valence-electron chi connectivity index (χ1n) is 6.84. The van der Waals surface area contributed by atoms with E-state index in [0.29, 0.717) is 25.4 Å². The van der Waals surface area contributed by atoms with E-state index in [1.807, 2.05) is 36.4 Å². The van der Waals surface area contributed by atoms with Crippen molar-refractivity contribution in [3.8, 4) is 5.75 Å². The number of hydrogen-bond acceptors (Lipinski definition) is 4. The lowest BCUT2D eigenvalue weighted by Gasteiger charge is -2.07. The highest BCUT2D eigenvalue weighted by Crippen LogP contribution is 2.07. The molecule has 0 spiro atoms. The molecule has 0 amide bonds. The summed E-state index contributed by atoms with van der Waals surface area (Å²) in [5.74, 6) is 0.483. The molecule has 110 valence electrons. The SMILES string of the molecule is O=C(OCCOCCOc1ccccc1)c1ccccc1. The first kappa shape index (κ1) is 15.1. The summed E-state index contributed by atoms with van der Waals surface area (Å²) in [6.07, 6.45) is 0. The van der Waals surface area contributed by atoms with Gasteiger partial charge in [0, 0.05) is 0 Å². The minimum Gasteiger partial charge on any atom is -0.491 e. The topological polar surface area (TPSA) is 44.8 Å². The Bertz CT molecular complexity index is 525. The fourth-order valence-corrected chi connectivity index (χ4v) is 1.69. The van der Waals surface area contributed by atoms with Gasteiger partial charge in [0.15, 0.2) is 0 Å². The monoisotopic (exact) mass is 286 g/mol. The quantitative estimate of drug-likeness (QED) is 0.553. The van der Waals surface area contributed by atoms with Crippen molar-refractivity contribution in [1.29, 1.82) is 0 Å². The van der Waals surface area contributed by atoms with Crippen molar-refractivity contribution in [3.63, 3.8) is 0 Å². The summed E-state index contributed by atoms with van der Waals surface area (Å²) in [5, 5.41) is 0. The van der Waals surface area contributed by atoms with E-state index >= 15 is 0 Å². The summed E-state index contributed by atoms with van der Waals surface area (Å²) in [7, 11) is 0. The van der Waals surface area contributed by atoms with Crippen LogP contribution in [0.3, 0.4) is 0 Å². The van der Waals surface area contributed by atoms with Gasteiger partial charge in [-0.3, -0.25) is 0 Å². The van der Waals surface area contributed by atoms with Crippen LogP contribution < -0.4 is 4.74 Å². The molecule has 0 saturated carbocycles. The molecule has 0 atom stereocenters. The number of para-hydroxylation sites is 1. The number of esters is 1. The first-order chi connectivity index (χ1) is 10.4. The maximum Gasteiger partial charge on any atom is 0.338 e. The standard InChI is InChI=1S/C17H18O4/c18-17(15-7-3-1-4-8-15)21-14-12-19-11-13-20-16-9-5-2-6-10-16/h1-10H,11-14H2. The lowest BCUT2D eigenvalue weighted by molar-refractivity contribution is 0.0273. The van der Waals surface area contributed by atoms with Gasteiger partial charge in [-0.05, 0) is 24.3 Å². The van der Waals surface area contributed by atoms with Crippen molar-refractivity contribution >= 4 is 5.97 Å². The molecule has 0 unspecified atom stereocenters. The molecular weight excluding hydrogens is 268 g/mol. The predicted octanol–water partition coefficient (Wildman–Crippen LogP) is 2.94. The van der Waals surface area contributed by atoms with Gasteiger partial charge in [-0.2, -0.15) is 0 Å². The molecule has 0 aromatic heterocycles. The van der Waals surface area contributed by atoms with Crippen molar-refractivity contribution < 1.29 is 19.0 Å². The van der Waals surface area contributed by atoms with Crippen LogP contribution in [0.15, 0.2) is 60.7 Å². The van der Waals surface area contributed by atoms with Crippen molar-refractivity contribution in [1.82, 2.24) is 0 Å². The van der Waals surface area contributed by atoms with Gasteiger partial charge < -0.3 is 14.2 Å². The predicted molar refractivity (Wildman–Crippen MR) is 79.5 cm³/mol. The molecule has 4 nitrogen and oxygen atoms in total. The number of ether oxygens (including phenoxy) is 3. The van der Waals surface area contributed by atoms with Gasteiger partial charge in [0.25, 0.3) is 0 Å². The highest BCUT2D eigenvalue weighted by molar-refractivity contribution is 5.89. The van der Waals surface area contributed by atoms with Gasteiger partial charge in [0.2, 0.25) is 0 Å². The van der Waals surface area contributed by atoms with E-state index in [1.165, 1.54) is 0 Å². The van der Waals surface area contributed by atoms with E-state index in [4.69, 9.17) is 14.2 Å². The Morgan fingerprint density at radius 3 is 2.10 bits per heavy atom. The van der Waals surface area contributed by atoms with E-state index in [-0.39, 0.29) is 12.6 Å². The van der Waals surface area contributed by atoms with Crippen LogP contribution in [0.2, 0.25) is 0 Å². The van der Waals surface area contributed by atoms with E-state index in [1.54, 1.807) is 24.3 Å². The first-order valence-corrected chi connectivity index (χ1v) is 6.84. The van der Waals surface area contributed by atoms with Gasteiger partial charge in [-0.1, -0.05) is 36.4 Å². The second-order valence-corrected chi connectivity index (χ2v) is 4.28. The number of rotatable bonds is 8. The van der Waals surface area contributed by atoms with Crippen molar-refractivity contribution in [2.45, 2.75) is 0 Å². The third-order valence-electron chi connectivity index (χ3n) is 2.71. The lowest BCUT2D eigenvalue weighted by atomic mass is 10.2. The fourth-order valence-electron chi connectivity index (χ4n) is 1.69. The zero-order valence-corrected chi connectivity index (χ0v) is 11.7. The Hall–Kier alpha value is -2.33. The summed E-state index contributed by atoms with van der Waals surface area (Å²) in [6, 6.07) is 18.4. The van der Waals surface area contributed by atoms with Crippen LogP contribution in [0.5, 0.6) is 5.75 Å². The van der Waals surface area contributed by atoms with Gasteiger partial charge in [0.1, 0.15) is 19.0 Å². The largest absolute Gasteiger partial charge is 0.491 e. The molecular formula is C17H18O4. The zero-order valence-electron chi connectivity index (χ0n) is 11.7. The molecule has 2 aromatic carbocycles. The minimum absolute atomic E-state index is 0.235. The van der Waals surface area contributed by atoms with Crippen LogP contribution in [0.25, 0.3) is 0 Å². The highest BCUT2D eigenvalue weighted by Gasteiger charge is 2.04. The number of hydrogen-bond donors (Lipinski definition) is 0. The normalized spacial score (nSPS) is 10.1. The van der Waals surface area contributed by atoms with Gasteiger partial charge in [-0.25, -0.2) is 4.79 Å². The molecule has 0 heterocycles. The van der Waals surface area contributed by atoms with Crippen LogP contribution in [0.1, 0.15) is 10.4 Å². The Morgan fingerprint density at radius 1 is 0.762 bits per heavy atom. The molecule has 2 rings (SSSR count). The summed E-state index contributed by atoms with van der Waals surface area (Å²) in [6.45, 7) is 1.52. The average molecular weight is 286 g/mol. The molecule has 0 radical (unpaired) electrons. The fraction of sp³-hybridized carbons (Fsp3) is 0.235. The Kier molecular flexibility index (Phi) is 6.29. The van der Waals surface area contributed by atoms with Gasteiger partial charge >= 0.3 is 5.97 Å². The van der Waals surface area contributed by atoms with Crippen molar-refractivity contribution in [2.75, 3.05) is 26.4 Å². The molecule has 2 aromatic rings. The van der Waals surface area contributed by atoms with Gasteiger partial charge in [0.05, 0.1) is 18.8 Å². The lowest BCUT2D eigenvalue weighted by Crippen LogP contribution is -2.13. The Balaban J connectivity index is 1.51. The number of benzene rings is 2. The Labute approximate surface area is 124 Å². The maximum absolute atomic E-state index is 11.6. The third kappa shape index (κ3) is 5.67. The zero-order chi connectivity index (χ0) is 14.8. The van der Waals surface area contributed by atoms with Crippen LogP contribution in [0, 0.1) is 0 Å². The molecule has 0 aliphatic rings. The van der Waals surface area contributed by atoms with Crippen molar-refractivity contribution in [2.24, 2.45) is 0 Å².